The summed E-state index contributed by atoms with van der Waals surface area (Å²) in [5.74, 6) is 0.972. The standard InChI is InChI=1S/C17H26N2O/c1-5-8-19(6-2)9-7-14-12-18-16-10-13(3)17(20-4)11-15(14)16/h10-12,18H,5-9H2,1-4H3. The van der Waals surface area contributed by atoms with Gasteiger partial charge in [0.2, 0.25) is 0 Å². The van der Waals surface area contributed by atoms with Crippen molar-refractivity contribution in [2.24, 2.45) is 0 Å². The van der Waals surface area contributed by atoms with E-state index < -0.39 is 0 Å². The summed E-state index contributed by atoms with van der Waals surface area (Å²) in [5, 5.41) is 1.29. The summed E-state index contributed by atoms with van der Waals surface area (Å²) in [6.45, 7) is 9.98. The van der Waals surface area contributed by atoms with Crippen LogP contribution < -0.4 is 4.74 Å². The van der Waals surface area contributed by atoms with E-state index in [9.17, 15) is 0 Å². The van der Waals surface area contributed by atoms with Crippen LogP contribution in [-0.4, -0.2) is 36.6 Å². The normalized spacial score (nSPS) is 11.4. The van der Waals surface area contributed by atoms with Gasteiger partial charge in [0.25, 0.3) is 0 Å². The van der Waals surface area contributed by atoms with Crippen molar-refractivity contribution in [1.29, 1.82) is 0 Å². The lowest BCUT2D eigenvalue weighted by Gasteiger charge is -2.19. The molecule has 2 rings (SSSR count). The fourth-order valence-electron chi connectivity index (χ4n) is 2.77. The third kappa shape index (κ3) is 3.15. The molecule has 0 saturated carbocycles. The quantitative estimate of drug-likeness (QED) is 0.832. The molecule has 0 amide bonds. The van der Waals surface area contributed by atoms with E-state index in [2.05, 4.69) is 49.0 Å². The van der Waals surface area contributed by atoms with Crippen molar-refractivity contribution in [3.8, 4) is 5.75 Å². The predicted octanol–water partition coefficient (Wildman–Crippen LogP) is 3.76. The van der Waals surface area contributed by atoms with Gasteiger partial charge < -0.3 is 14.6 Å². The van der Waals surface area contributed by atoms with Crippen LogP contribution in [0.25, 0.3) is 10.9 Å². The lowest BCUT2D eigenvalue weighted by molar-refractivity contribution is 0.293. The van der Waals surface area contributed by atoms with Crippen molar-refractivity contribution < 1.29 is 4.74 Å². The molecule has 0 aliphatic carbocycles. The monoisotopic (exact) mass is 274 g/mol. The SMILES string of the molecule is CCCN(CC)CCc1c[nH]c2cc(C)c(OC)cc12. The molecule has 1 heterocycles. The van der Waals surface area contributed by atoms with E-state index in [1.165, 1.54) is 35.0 Å². The van der Waals surface area contributed by atoms with E-state index in [0.717, 1.165) is 25.3 Å². The van der Waals surface area contributed by atoms with Gasteiger partial charge in [-0.05, 0) is 56.1 Å². The van der Waals surface area contributed by atoms with Crippen LogP contribution >= 0.6 is 0 Å². The van der Waals surface area contributed by atoms with E-state index in [4.69, 9.17) is 4.74 Å². The Balaban J connectivity index is 2.18. The molecule has 1 aromatic carbocycles. The van der Waals surface area contributed by atoms with Crippen LogP contribution in [0.5, 0.6) is 5.75 Å². The highest BCUT2D eigenvalue weighted by molar-refractivity contribution is 5.85. The molecule has 0 aliphatic heterocycles. The lowest BCUT2D eigenvalue weighted by Crippen LogP contribution is -2.26. The maximum atomic E-state index is 5.44. The number of nitrogens with zero attached hydrogens (tertiary/aromatic N) is 1. The van der Waals surface area contributed by atoms with Gasteiger partial charge in [0.15, 0.2) is 0 Å². The second-order valence-corrected chi connectivity index (χ2v) is 5.37. The Kier molecular flexibility index (Phi) is 5.07. The van der Waals surface area contributed by atoms with Crippen molar-refractivity contribution in [3.05, 3.63) is 29.5 Å². The van der Waals surface area contributed by atoms with Gasteiger partial charge in [-0.3, -0.25) is 0 Å². The van der Waals surface area contributed by atoms with E-state index in [1.807, 2.05) is 0 Å². The van der Waals surface area contributed by atoms with Gasteiger partial charge >= 0.3 is 0 Å². The van der Waals surface area contributed by atoms with Crippen molar-refractivity contribution in [3.63, 3.8) is 0 Å². The maximum absolute atomic E-state index is 5.44. The zero-order valence-electron chi connectivity index (χ0n) is 13.1. The Hall–Kier alpha value is -1.48. The van der Waals surface area contributed by atoms with Gasteiger partial charge in [0, 0.05) is 23.6 Å². The zero-order valence-corrected chi connectivity index (χ0v) is 13.1. The summed E-state index contributed by atoms with van der Waals surface area (Å²) in [5.41, 5.74) is 3.76. The molecule has 0 radical (unpaired) electrons. The highest BCUT2D eigenvalue weighted by Crippen LogP contribution is 2.27. The maximum Gasteiger partial charge on any atom is 0.122 e. The minimum absolute atomic E-state index is 0.972. The number of fused-ring (bicyclic) bond motifs is 1. The fourth-order valence-corrected chi connectivity index (χ4v) is 2.77. The highest BCUT2D eigenvalue weighted by Gasteiger charge is 2.09. The Morgan fingerprint density at radius 1 is 1.20 bits per heavy atom. The van der Waals surface area contributed by atoms with Gasteiger partial charge in [0.05, 0.1) is 7.11 Å². The Bertz CT molecular complexity index is 559. The predicted molar refractivity (Wildman–Crippen MR) is 85.7 cm³/mol. The van der Waals surface area contributed by atoms with Crippen LogP contribution in [0.1, 0.15) is 31.4 Å². The first-order chi connectivity index (χ1) is 9.69. The van der Waals surface area contributed by atoms with E-state index in [1.54, 1.807) is 7.11 Å². The van der Waals surface area contributed by atoms with Crippen LogP contribution in [0, 0.1) is 6.92 Å². The first kappa shape index (κ1) is 14.9. The minimum Gasteiger partial charge on any atom is -0.496 e. The number of benzene rings is 1. The van der Waals surface area contributed by atoms with Gasteiger partial charge in [-0.25, -0.2) is 0 Å². The molecule has 3 nitrogen and oxygen atoms in total. The second kappa shape index (κ2) is 6.80. The number of methoxy groups -OCH3 is 1. The first-order valence-electron chi connectivity index (χ1n) is 7.56. The summed E-state index contributed by atoms with van der Waals surface area (Å²) >= 11 is 0. The largest absolute Gasteiger partial charge is 0.496 e. The fraction of sp³-hybridized carbons (Fsp3) is 0.529. The lowest BCUT2D eigenvalue weighted by atomic mass is 10.1. The van der Waals surface area contributed by atoms with Crippen LogP contribution in [-0.2, 0) is 6.42 Å². The van der Waals surface area contributed by atoms with E-state index >= 15 is 0 Å². The molecular formula is C17H26N2O. The molecule has 0 atom stereocenters. The van der Waals surface area contributed by atoms with Crippen molar-refractivity contribution >= 4 is 10.9 Å². The third-order valence-corrected chi connectivity index (χ3v) is 3.97. The number of ether oxygens (including phenoxy) is 1. The van der Waals surface area contributed by atoms with Crippen molar-refractivity contribution in [2.75, 3.05) is 26.7 Å². The molecule has 110 valence electrons. The average molecular weight is 274 g/mol. The Morgan fingerprint density at radius 3 is 2.65 bits per heavy atom. The summed E-state index contributed by atoms with van der Waals surface area (Å²) in [6.07, 6.45) is 4.44. The molecule has 2 aromatic rings. The van der Waals surface area contributed by atoms with Crippen LogP contribution in [0.2, 0.25) is 0 Å². The number of hydrogen-bond acceptors (Lipinski definition) is 2. The number of aryl methyl sites for hydroxylation is 1. The molecular weight excluding hydrogens is 248 g/mol. The molecule has 0 fully saturated rings. The molecule has 3 heteroatoms. The minimum atomic E-state index is 0.972. The number of aromatic nitrogens is 1. The van der Waals surface area contributed by atoms with E-state index in [0.29, 0.717) is 0 Å². The average Bonchev–Trinajstić information content (AvgIpc) is 2.84. The topological polar surface area (TPSA) is 28.3 Å². The number of H-pyrrole nitrogens is 1. The molecule has 1 aromatic heterocycles. The Labute approximate surface area is 121 Å². The van der Waals surface area contributed by atoms with E-state index in [-0.39, 0.29) is 0 Å². The first-order valence-corrected chi connectivity index (χ1v) is 7.56. The summed E-state index contributed by atoms with van der Waals surface area (Å²) in [4.78, 5) is 5.88. The molecule has 1 N–H and O–H groups in total. The van der Waals surface area contributed by atoms with Crippen LogP contribution in [0.15, 0.2) is 18.3 Å². The highest BCUT2D eigenvalue weighted by atomic mass is 16.5. The third-order valence-electron chi connectivity index (χ3n) is 3.97. The van der Waals surface area contributed by atoms with Crippen LogP contribution in [0.3, 0.4) is 0 Å². The number of rotatable bonds is 7. The summed E-state index contributed by atoms with van der Waals surface area (Å²) in [6, 6.07) is 4.33. The number of likely N-dealkylation sites (N-methyl/N-ethyl adjacent to an activating group) is 1. The summed E-state index contributed by atoms with van der Waals surface area (Å²) in [7, 11) is 1.74. The number of aromatic amines is 1. The zero-order chi connectivity index (χ0) is 14.5. The van der Waals surface area contributed by atoms with Crippen molar-refractivity contribution in [2.45, 2.75) is 33.6 Å². The van der Waals surface area contributed by atoms with Crippen LogP contribution in [0.4, 0.5) is 0 Å². The second-order valence-electron chi connectivity index (χ2n) is 5.37. The van der Waals surface area contributed by atoms with Gasteiger partial charge in [-0.1, -0.05) is 13.8 Å². The van der Waals surface area contributed by atoms with Gasteiger partial charge in [0.1, 0.15) is 5.75 Å². The number of hydrogen-bond donors (Lipinski definition) is 1. The van der Waals surface area contributed by atoms with Crippen molar-refractivity contribution in [1.82, 2.24) is 9.88 Å². The molecule has 0 spiro atoms. The number of nitrogens with one attached hydrogen (secondary N) is 1. The van der Waals surface area contributed by atoms with Gasteiger partial charge in [-0.2, -0.15) is 0 Å². The molecule has 0 aliphatic rings. The van der Waals surface area contributed by atoms with Gasteiger partial charge in [-0.15, -0.1) is 0 Å². The smallest absolute Gasteiger partial charge is 0.122 e. The molecule has 20 heavy (non-hydrogen) atoms. The molecule has 0 unspecified atom stereocenters. The molecule has 0 saturated heterocycles. The Morgan fingerprint density at radius 2 is 2.00 bits per heavy atom. The molecule has 0 bridgehead atoms. The summed E-state index contributed by atoms with van der Waals surface area (Å²) < 4.78 is 5.44.